The van der Waals surface area contributed by atoms with Gasteiger partial charge < -0.3 is 30.1 Å². The minimum absolute atomic E-state index is 0.0106. The number of para-hydroxylation sites is 1. The number of nitro benzene ring substituents is 1. The van der Waals surface area contributed by atoms with E-state index in [0.717, 1.165) is 25.1 Å². The fourth-order valence-electron chi connectivity index (χ4n) is 4.11. The summed E-state index contributed by atoms with van der Waals surface area (Å²) in [5.74, 6) is 1.01. The summed E-state index contributed by atoms with van der Waals surface area (Å²) in [6.07, 6.45) is 1.58. The minimum atomic E-state index is -0.361. The average Bonchev–Trinajstić information content (AvgIpc) is 3.13. The number of methoxy groups -OCH3 is 1. The zero-order chi connectivity index (χ0) is 24.8. The van der Waals surface area contributed by atoms with E-state index >= 15 is 0 Å². The molecule has 1 heterocycles. The first-order valence-electron chi connectivity index (χ1n) is 11.3. The Hall–Kier alpha value is -3.53. The lowest BCUT2D eigenvalue weighted by atomic mass is 10.1. The van der Waals surface area contributed by atoms with Gasteiger partial charge in [0, 0.05) is 51.9 Å². The van der Waals surface area contributed by atoms with Crippen molar-refractivity contribution in [3.63, 3.8) is 0 Å². The predicted octanol–water partition coefficient (Wildman–Crippen LogP) is 3.00. The number of guanidine groups is 1. The molecule has 184 valence electrons. The molecule has 0 saturated heterocycles. The molecule has 0 aromatic heterocycles. The Morgan fingerprint density at radius 2 is 2.00 bits per heavy atom. The lowest BCUT2D eigenvalue weighted by Crippen LogP contribution is -2.34. The van der Waals surface area contributed by atoms with Gasteiger partial charge in [-0.1, -0.05) is 18.2 Å². The summed E-state index contributed by atoms with van der Waals surface area (Å²) in [4.78, 5) is 22.5. The number of aliphatic imine (C=N–C) groups is 1. The van der Waals surface area contributed by atoms with Gasteiger partial charge in [0.25, 0.3) is 5.69 Å². The first-order chi connectivity index (χ1) is 16.2. The highest BCUT2D eigenvalue weighted by Gasteiger charge is 2.27. The van der Waals surface area contributed by atoms with Gasteiger partial charge in [-0.3, -0.25) is 10.1 Å². The first kappa shape index (κ1) is 25.1. The number of hydrogen-bond acceptors (Lipinski definition) is 7. The van der Waals surface area contributed by atoms with Crippen LogP contribution >= 0.6 is 0 Å². The van der Waals surface area contributed by atoms with Crippen molar-refractivity contribution in [2.24, 2.45) is 4.99 Å². The molecule has 1 unspecified atom stereocenters. The second-order valence-corrected chi connectivity index (χ2v) is 8.65. The summed E-state index contributed by atoms with van der Waals surface area (Å²) in [7, 11) is 11.2. The van der Waals surface area contributed by atoms with Crippen LogP contribution in [0.2, 0.25) is 0 Å². The van der Waals surface area contributed by atoms with Crippen LogP contribution in [0.25, 0.3) is 0 Å². The van der Waals surface area contributed by atoms with E-state index in [1.165, 1.54) is 11.6 Å². The van der Waals surface area contributed by atoms with Crippen molar-refractivity contribution in [1.29, 1.82) is 0 Å². The summed E-state index contributed by atoms with van der Waals surface area (Å²) in [5.41, 5.74) is 3.40. The van der Waals surface area contributed by atoms with Crippen molar-refractivity contribution in [2.45, 2.75) is 19.0 Å². The molecule has 0 bridgehead atoms. The Bertz CT molecular complexity index is 1040. The Morgan fingerprint density at radius 1 is 1.26 bits per heavy atom. The van der Waals surface area contributed by atoms with Crippen LogP contribution in [-0.4, -0.2) is 77.4 Å². The fourth-order valence-corrected chi connectivity index (χ4v) is 4.11. The number of nitro groups is 1. The van der Waals surface area contributed by atoms with Crippen molar-refractivity contribution in [3.05, 3.63) is 52.1 Å². The quantitative estimate of drug-likeness (QED) is 0.250. The number of ether oxygens (including phenoxy) is 1. The number of likely N-dealkylation sites (N-methyl/N-ethyl adjacent to an activating group) is 1. The third kappa shape index (κ3) is 5.69. The van der Waals surface area contributed by atoms with E-state index in [4.69, 9.17) is 9.73 Å². The Morgan fingerprint density at radius 3 is 2.62 bits per heavy atom. The first-order valence-corrected chi connectivity index (χ1v) is 11.3. The van der Waals surface area contributed by atoms with Crippen molar-refractivity contribution >= 4 is 28.7 Å². The highest BCUT2D eigenvalue weighted by Crippen LogP contribution is 2.38. The number of hydrogen-bond donors (Lipinski definition) is 2. The molecule has 2 N–H and O–H groups in total. The normalized spacial score (nSPS) is 15.3. The molecule has 10 nitrogen and oxygen atoms in total. The molecule has 0 spiro atoms. The topological polar surface area (TPSA) is 98.5 Å². The van der Waals surface area contributed by atoms with Gasteiger partial charge in [-0.2, -0.15) is 0 Å². The van der Waals surface area contributed by atoms with Gasteiger partial charge in [0.2, 0.25) is 0 Å². The molecule has 0 aliphatic carbocycles. The van der Waals surface area contributed by atoms with Gasteiger partial charge in [0.15, 0.2) is 5.96 Å². The molecule has 10 heteroatoms. The van der Waals surface area contributed by atoms with Crippen LogP contribution in [0.4, 0.5) is 22.7 Å². The second kappa shape index (κ2) is 11.1. The van der Waals surface area contributed by atoms with Crippen LogP contribution < -0.4 is 25.2 Å². The van der Waals surface area contributed by atoms with E-state index in [-0.39, 0.29) is 16.8 Å². The van der Waals surface area contributed by atoms with Crippen LogP contribution in [0.3, 0.4) is 0 Å². The third-order valence-electron chi connectivity index (χ3n) is 5.99. The highest BCUT2D eigenvalue weighted by atomic mass is 16.6. The summed E-state index contributed by atoms with van der Waals surface area (Å²) in [5, 5.41) is 18.2. The molecule has 0 saturated carbocycles. The number of nitrogens with one attached hydrogen (secondary N) is 2. The van der Waals surface area contributed by atoms with Gasteiger partial charge >= 0.3 is 0 Å². The molecular weight excluding hydrogens is 434 g/mol. The fraction of sp³-hybridized carbons (Fsp3) is 0.458. The zero-order valence-electron chi connectivity index (χ0n) is 20.8. The van der Waals surface area contributed by atoms with E-state index in [1.807, 2.05) is 45.2 Å². The lowest BCUT2D eigenvalue weighted by Gasteiger charge is -2.23. The van der Waals surface area contributed by atoms with Crippen LogP contribution in [0.5, 0.6) is 5.75 Å². The van der Waals surface area contributed by atoms with Gasteiger partial charge in [-0.25, -0.2) is 4.99 Å². The Kier molecular flexibility index (Phi) is 8.17. The van der Waals surface area contributed by atoms with E-state index in [0.29, 0.717) is 29.6 Å². The SMILES string of the molecule is CNC(=NC1Cc2ccccc2N1C)Nc1cc([N+](=O)[O-])c(N(C)CCCN(C)C)cc1OC. The number of anilines is 3. The standard InChI is InChI=1S/C24H35N7O3/c1-25-24(27-23-14-17-10-7-8-11-19(17)30(23)5)26-18-15-21(31(32)33)20(16-22(18)34-6)29(4)13-9-12-28(2)3/h7-8,10-11,15-16,23H,9,12-14H2,1-6H3,(H2,25,26,27). The molecule has 34 heavy (non-hydrogen) atoms. The van der Waals surface area contributed by atoms with Crippen molar-refractivity contribution in [2.75, 3.05) is 70.6 Å². The molecule has 1 aliphatic heterocycles. The number of nitrogens with zero attached hydrogens (tertiary/aromatic N) is 5. The van der Waals surface area contributed by atoms with Crippen LogP contribution in [0.1, 0.15) is 12.0 Å². The molecule has 2 aromatic carbocycles. The maximum absolute atomic E-state index is 11.9. The molecule has 3 rings (SSSR count). The molecule has 0 fully saturated rings. The van der Waals surface area contributed by atoms with E-state index < -0.39 is 0 Å². The van der Waals surface area contributed by atoms with Gasteiger partial charge in [-0.05, 0) is 38.7 Å². The third-order valence-corrected chi connectivity index (χ3v) is 5.99. The van der Waals surface area contributed by atoms with Crippen LogP contribution in [0.15, 0.2) is 41.4 Å². The largest absolute Gasteiger partial charge is 0.494 e. The number of fused-ring (bicyclic) bond motifs is 1. The number of rotatable bonds is 9. The van der Waals surface area contributed by atoms with Crippen molar-refractivity contribution in [3.8, 4) is 5.75 Å². The summed E-state index contributed by atoms with van der Waals surface area (Å²) in [6.45, 7) is 1.59. The smallest absolute Gasteiger partial charge is 0.294 e. The molecule has 1 atom stereocenters. The van der Waals surface area contributed by atoms with E-state index in [2.05, 4.69) is 32.6 Å². The van der Waals surface area contributed by atoms with Crippen molar-refractivity contribution in [1.82, 2.24) is 10.2 Å². The minimum Gasteiger partial charge on any atom is -0.494 e. The second-order valence-electron chi connectivity index (χ2n) is 8.65. The molecule has 0 amide bonds. The van der Waals surface area contributed by atoms with Gasteiger partial charge in [0.05, 0.1) is 17.7 Å². The van der Waals surface area contributed by atoms with Crippen molar-refractivity contribution < 1.29 is 9.66 Å². The summed E-state index contributed by atoms with van der Waals surface area (Å²) in [6, 6.07) is 11.4. The molecule has 0 radical (unpaired) electrons. The maximum Gasteiger partial charge on any atom is 0.294 e. The number of benzene rings is 2. The Labute approximate surface area is 201 Å². The van der Waals surface area contributed by atoms with Gasteiger partial charge in [-0.15, -0.1) is 0 Å². The monoisotopic (exact) mass is 469 g/mol. The summed E-state index contributed by atoms with van der Waals surface area (Å²) < 4.78 is 5.59. The molecule has 1 aliphatic rings. The van der Waals surface area contributed by atoms with Crippen LogP contribution in [0, 0.1) is 10.1 Å². The molecular formula is C24H35N7O3. The zero-order valence-corrected chi connectivity index (χ0v) is 20.8. The van der Waals surface area contributed by atoms with E-state index in [9.17, 15) is 10.1 Å². The Balaban J connectivity index is 1.86. The van der Waals surface area contributed by atoms with E-state index in [1.54, 1.807) is 20.2 Å². The van der Waals surface area contributed by atoms with Crippen LogP contribution in [-0.2, 0) is 6.42 Å². The lowest BCUT2D eigenvalue weighted by molar-refractivity contribution is -0.384. The summed E-state index contributed by atoms with van der Waals surface area (Å²) >= 11 is 0. The average molecular weight is 470 g/mol. The van der Waals surface area contributed by atoms with Gasteiger partial charge in [0.1, 0.15) is 17.6 Å². The maximum atomic E-state index is 11.9. The molecule has 2 aromatic rings. The highest BCUT2D eigenvalue weighted by molar-refractivity contribution is 5.96. The predicted molar refractivity (Wildman–Crippen MR) is 139 cm³/mol.